The molecule has 3 aliphatic rings. The second kappa shape index (κ2) is 7.16. The Bertz CT molecular complexity index is 1070. The Hall–Kier alpha value is -2.80. The number of ether oxygens (including phenoxy) is 1. The molecule has 0 N–H and O–H groups in total. The summed E-state index contributed by atoms with van der Waals surface area (Å²) in [5, 5.41) is 0. The van der Waals surface area contributed by atoms with Crippen molar-refractivity contribution in [1.29, 1.82) is 0 Å². The standard InChI is InChI=1S/C23H26N6O/c1-4-19-17(24-10-1)3-2-11-29(19)20-6-5-18-22(27-20)25-15-21(26-18)28-12-7-23(8-13-28)9-14-30-16-23/h1,4-6,10,15H,2-3,7-9,11-14,16H2. The maximum Gasteiger partial charge on any atom is 0.180 e. The van der Waals surface area contributed by atoms with E-state index in [1.807, 2.05) is 18.5 Å². The second-order valence-corrected chi connectivity index (χ2v) is 8.75. The van der Waals surface area contributed by atoms with E-state index < -0.39 is 0 Å². The van der Waals surface area contributed by atoms with Gasteiger partial charge in [0.2, 0.25) is 0 Å². The van der Waals surface area contributed by atoms with Gasteiger partial charge in [0.25, 0.3) is 0 Å². The van der Waals surface area contributed by atoms with Crippen LogP contribution in [0.25, 0.3) is 11.2 Å². The van der Waals surface area contributed by atoms with E-state index in [1.54, 1.807) is 0 Å². The first-order valence-electron chi connectivity index (χ1n) is 11.0. The van der Waals surface area contributed by atoms with Gasteiger partial charge in [0.15, 0.2) is 5.65 Å². The van der Waals surface area contributed by atoms with Crippen molar-refractivity contribution in [1.82, 2.24) is 19.9 Å². The van der Waals surface area contributed by atoms with E-state index in [0.29, 0.717) is 11.1 Å². The number of aromatic nitrogens is 4. The zero-order valence-electron chi connectivity index (χ0n) is 17.1. The lowest BCUT2D eigenvalue weighted by Crippen LogP contribution is -2.40. The smallest absolute Gasteiger partial charge is 0.180 e. The first kappa shape index (κ1) is 18.0. The number of aryl methyl sites for hydroxylation is 1. The lowest BCUT2D eigenvalue weighted by Gasteiger charge is -2.38. The van der Waals surface area contributed by atoms with Crippen molar-refractivity contribution in [3.8, 4) is 0 Å². The van der Waals surface area contributed by atoms with E-state index in [4.69, 9.17) is 14.7 Å². The van der Waals surface area contributed by atoms with Crippen LogP contribution >= 0.6 is 0 Å². The molecule has 2 fully saturated rings. The number of nitrogens with zero attached hydrogens (tertiary/aromatic N) is 6. The molecule has 0 saturated carbocycles. The molecule has 7 nitrogen and oxygen atoms in total. The van der Waals surface area contributed by atoms with Crippen LogP contribution < -0.4 is 9.80 Å². The maximum atomic E-state index is 5.66. The zero-order chi connectivity index (χ0) is 20.0. The molecule has 0 atom stereocenters. The molecule has 0 radical (unpaired) electrons. The topological polar surface area (TPSA) is 67.3 Å². The highest BCUT2D eigenvalue weighted by atomic mass is 16.5. The van der Waals surface area contributed by atoms with E-state index in [-0.39, 0.29) is 0 Å². The molecule has 3 aromatic heterocycles. The van der Waals surface area contributed by atoms with Gasteiger partial charge in [-0.25, -0.2) is 15.0 Å². The molecule has 3 aliphatic heterocycles. The van der Waals surface area contributed by atoms with Gasteiger partial charge in [-0.2, -0.15) is 0 Å². The lowest BCUT2D eigenvalue weighted by atomic mass is 9.78. The van der Waals surface area contributed by atoms with Crippen molar-refractivity contribution in [2.24, 2.45) is 5.41 Å². The van der Waals surface area contributed by atoms with Gasteiger partial charge in [-0.3, -0.25) is 4.98 Å². The molecule has 0 unspecified atom stereocenters. The number of hydrogen-bond donors (Lipinski definition) is 0. The van der Waals surface area contributed by atoms with Crippen LogP contribution in [0.1, 0.15) is 31.4 Å². The fraction of sp³-hybridized carbons (Fsp3) is 0.478. The highest BCUT2D eigenvalue weighted by Gasteiger charge is 2.38. The Morgan fingerprint density at radius 3 is 2.73 bits per heavy atom. The maximum absolute atomic E-state index is 5.66. The zero-order valence-corrected chi connectivity index (χ0v) is 17.1. The Labute approximate surface area is 176 Å². The number of hydrogen-bond acceptors (Lipinski definition) is 7. The van der Waals surface area contributed by atoms with Crippen LogP contribution in [0.4, 0.5) is 17.3 Å². The van der Waals surface area contributed by atoms with E-state index in [1.165, 1.54) is 19.3 Å². The Balaban J connectivity index is 1.25. The van der Waals surface area contributed by atoms with Gasteiger partial charge >= 0.3 is 0 Å². The summed E-state index contributed by atoms with van der Waals surface area (Å²) in [6.45, 7) is 4.83. The summed E-state index contributed by atoms with van der Waals surface area (Å²) in [6.07, 6.45) is 9.40. The van der Waals surface area contributed by atoms with Crippen LogP contribution in [0.2, 0.25) is 0 Å². The summed E-state index contributed by atoms with van der Waals surface area (Å²) in [5.41, 5.74) is 4.24. The highest BCUT2D eigenvalue weighted by Crippen LogP contribution is 2.40. The minimum atomic E-state index is 0.400. The average Bonchev–Trinajstić information content (AvgIpc) is 3.26. The van der Waals surface area contributed by atoms with Crippen LogP contribution in [-0.2, 0) is 11.2 Å². The number of fused-ring (bicyclic) bond motifs is 2. The quantitative estimate of drug-likeness (QED) is 0.650. The monoisotopic (exact) mass is 402 g/mol. The third kappa shape index (κ3) is 3.08. The Morgan fingerprint density at radius 2 is 1.87 bits per heavy atom. The van der Waals surface area contributed by atoms with Gasteiger partial charge in [-0.05, 0) is 61.8 Å². The number of rotatable bonds is 2. The first-order chi connectivity index (χ1) is 14.8. The van der Waals surface area contributed by atoms with Gasteiger partial charge in [-0.15, -0.1) is 0 Å². The molecule has 0 bridgehead atoms. The average molecular weight is 403 g/mol. The van der Waals surface area contributed by atoms with Crippen molar-refractivity contribution in [3.05, 3.63) is 42.4 Å². The van der Waals surface area contributed by atoms with Crippen molar-refractivity contribution in [2.75, 3.05) is 42.6 Å². The van der Waals surface area contributed by atoms with Crippen molar-refractivity contribution < 1.29 is 4.74 Å². The number of piperidine rings is 1. The first-order valence-corrected chi connectivity index (χ1v) is 11.0. The molecular weight excluding hydrogens is 376 g/mol. The fourth-order valence-corrected chi connectivity index (χ4v) is 5.07. The molecule has 6 rings (SSSR count). The molecule has 154 valence electrons. The molecular formula is C23H26N6O. The molecule has 0 amide bonds. The van der Waals surface area contributed by atoms with Gasteiger partial charge in [0.05, 0.1) is 24.2 Å². The summed E-state index contributed by atoms with van der Waals surface area (Å²) in [6, 6.07) is 8.23. The van der Waals surface area contributed by atoms with Gasteiger partial charge in [0.1, 0.15) is 17.2 Å². The summed E-state index contributed by atoms with van der Waals surface area (Å²) < 4.78 is 5.66. The van der Waals surface area contributed by atoms with E-state index in [0.717, 1.165) is 74.2 Å². The van der Waals surface area contributed by atoms with Crippen LogP contribution in [0.5, 0.6) is 0 Å². The van der Waals surface area contributed by atoms with Crippen LogP contribution in [0.3, 0.4) is 0 Å². The van der Waals surface area contributed by atoms with E-state index in [9.17, 15) is 0 Å². The van der Waals surface area contributed by atoms with Crippen LogP contribution in [0.15, 0.2) is 36.7 Å². The van der Waals surface area contributed by atoms with Gasteiger partial charge in [-0.1, -0.05) is 0 Å². The van der Waals surface area contributed by atoms with E-state index >= 15 is 0 Å². The molecule has 0 aromatic carbocycles. The fourth-order valence-electron chi connectivity index (χ4n) is 5.07. The van der Waals surface area contributed by atoms with Crippen LogP contribution in [-0.4, -0.2) is 52.8 Å². The lowest BCUT2D eigenvalue weighted by molar-refractivity contribution is 0.133. The predicted octanol–water partition coefficient (Wildman–Crippen LogP) is 3.51. The Morgan fingerprint density at radius 1 is 0.933 bits per heavy atom. The molecule has 3 aromatic rings. The number of pyridine rings is 2. The molecule has 30 heavy (non-hydrogen) atoms. The summed E-state index contributed by atoms with van der Waals surface area (Å²) >= 11 is 0. The Kier molecular flexibility index (Phi) is 4.30. The minimum Gasteiger partial charge on any atom is -0.381 e. The minimum absolute atomic E-state index is 0.400. The van der Waals surface area contributed by atoms with Crippen molar-refractivity contribution in [3.63, 3.8) is 0 Å². The normalized spacial score (nSPS) is 20.7. The van der Waals surface area contributed by atoms with Crippen molar-refractivity contribution >= 4 is 28.5 Å². The summed E-state index contributed by atoms with van der Waals surface area (Å²) in [5.74, 6) is 1.87. The van der Waals surface area contributed by atoms with E-state index in [2.05, 4.69) is 38.0 Å². The SMILES string of the molecule is c1cnc2c(c1)N(c1ccc3nc(N4CCC5(CCOC5)CC4)cnc3n1)CCC2. The third-order valence-corrected chi connectivity index (χ3v) is 6.94. The van der Waals surface area contributed by atoms with Crippen molar-refractivity contribution in [2.45, 2.75) is 32.1 Å². The third-order valence-electron chi connectivity index (χ3n) is 6.94. The summed E-state index contributed by atoms with van der Waals surface area (Å²) in [4.78, 5) is 23.5. The summed E-state index contributed by atoms with van der Waals surface area (Å²) in [7, 11) is 0. The largest absolute Gasteiger partial charge is 0.381 e. The second-order valence-electron chi connectivity index (χ2n) is 8.75. The molecule has 2 saturated heterocycles. The molecule has 0 aliphatic carbocycles. The highest BCUT2D eigenvalue weighted by molar-refractivity contribution is 5.76. The molecule has 1 spiro atoms. The molecule has 7 heteroatoms. The van der Waals surface area contributed by atoms with Crippen LogP contribution in [0, 0.1) is 5.41 Å². The van der Waals surface area contributed by atoms with Gasteiger partial charge < -0.3 is 14.5 Å². The predicted molar refractivity (Wildman–Crippen MR) is 116 cm³/mol. The molecule has 6 heterocycles. The number of anilines is 3. The van der Waals surface area contributed by atoms with Gasteiger partial charge in [0, 0.05) is 32.4 Å².